The van der Waals surface area contributed by atoms with E-state index in [1.165, 1.54) is 0 Å². The first-order valence-corrected chi connectivity index (χ1v) is 5.54. The van der Waals surface area contributed by atoms with E-state index in [1.807, 2.05) is 25.1 Å². The molecule has 3 nitrogen and oxygen atoms in total. The fraction of sp³-hybridized carbons (Fsp3) is 0.417. The molecule has 0 aliphatic heterocycles. The third-order valence-corrected chi connectivity index (χ3v) is 2.75. The maximum absolute atomic E-state index is 11.3. The standard InChI is InChI=1S/C12H17ClN2O/c1-9-6-10(4-5-11(9)13)7-14-8-12(16)15(2)3/h4-6,14H,7-8H2,1-3H3. The van der Waals surface area contributed by atoms with Gasteiger partial charge in [-0.1, -0.05) is 23.7 Å². The Morgan fingerprint density at radius 1 is 1.44 bits per heavy atom. The lowest BCUT2D eigenvalue weighted by atomic mass is 10.1. The van der Waals surface area contributed by atoms with E-state index in [2.05, 4.69) is 5.32 Å². The van der Waals surface area contributed by atoms with Crippen molar-refractivity contribution in [2.45, 2.75) is 13.5 Å². The fourth-order valence-electron chi connectivity index (χ4n) is 1.29. The minimum Gasteiger partial charge on any atom is -0.348 e. The van der Waals surface area contributed by atoms with Crippen molar-refractivity contribution in [3.8, 4) is 0 Å². The highest BCUT2D eigenvalue weighted by Gasteiger charge is 2.03. The van der Waals surface area contributed by atoms with Crippen LogP contribution in [0.5, 0.6) is 0 Å². The largest absolute Gasteiger partial charge is 0.348 e. The molecule has 0 aliphatic rings. The third-order valence-electron chi connectivity index (χ3n) is 2.33. The van der Waals surface area contributed by atoms with Crippen LogP contribution in [0.1, 0.15) is 11.1 Å². The minimum atomic E-state index is 0.0747. The monoisotopic (exact) mass is 240 g/mol. The van der Waals surface area contributed by atoms with Crippen molar-refractivity contribution in [3.05, 3.63) is 34.3 Å². The van der Waals surface area contributed by atoms with Crippen LogP contribution in [0.3, 0.4) is 0 Å². The van der Waals surface area contributed by atoms with Gasteiger partial charge in [0.2, 0.25) is 5.91 Å². The number of hydrogen-bond donors (Lipinski definition) is 1. The number of rotatable bonds is 4. The van der Waals surface area contributed by atoms with Gasteiger partial charge in [0.05, 0.1) is 6.54 Å². The molecule has 1 aromatic carbocycles. The summed E-state index contributed by atoms with van der Waals surface area (Å²) >= 11 is 5.93. The van der Waals surface area contributed by atoms with Crippen molar-refractivity contribution in [2.75, 3.05) is 20.6 Å². The summed E-state index contributed by atoms with van der Waals surface area (Å²) in [5.74, 6) is 0.0747. The van der Waals surface area contributed by atoms with Crippen LogP contribution in [-0.4, -0.2) is 31.4 Å². The number of likely N-dealkylation sites (N-methyl/N-ethyl adjacent to an activating group) is 1. The number of carbonyl (C=O) groups excluding carboxylic acids is 1. The zero-order valence-electron chi connectivity index (χ0n) is 9.88. The zero-order valence-corrected chi connectivity index (χ0v) is 10.6. The Bertz CT molecular complexity index is 377. The van der Waals surface area contributed by atoms with E-state index in [0.717, 1.165) is 16.1 Å². The molecule has 88 valence electrons. The number of nitrogens with one attached hydrogen (secondary N) is 1. The van der Waals surface area contributed by atoms with Crippen LogP contribution in [0, 0.1) is 6.92 Å². The van der Waals surface area contributed by atoms with E-state index in [9.17, 15) is 4.79 Å². The van der Waals surface area contributed by atoms with Gasteiger partial charge in [-0.15, -0.1) is 0 Å². The molecule has 1 rings (SSSR count). The van der Waals surface area contributed by atoms with E-state index < -0.39 is 0 Å². The van der Waals surface area contributed by atoms with Crippen LogP contribution in [0.4, 0.5) is 0 Å². The van der Waals surface area contributed by atoms with E-state index >= 15 is 0 Å². The first-order valence-electron chi connectivity index (χ1n) is 5.16. The van der Waals surface area contributed by atoms with Gasteiger partial charge in [0.25, 0.3) is 0 Å². The summed E-state index contributed by atoms with van der Waals surface area (Å²) in [4.78, 5) is 12.9. The normalized spacial score (nSPS) is 10.2. The minimum absolute atomic E-state index is 0.0747. The molecule has 0 aliphatic carbocycles. The van der Waals surface area contributed by atoms with Crippen LogP contribution in [0.15, 0.2) is 18.2 Å². The second-order valence-corrected chi connectivity index (χ2v) is 4.38. The Balaban J connectivity index is 2.43. The van der Waals surface area contributed by atoms with Gasteiger partial charge in [0.1, 0.15) is 0 Å². The lowest BCUT2D eigenvalue weighted by Crippen LogP contribution is -2.32. The Kier molecular flexibility index (Phi) is 4.77. The number of carbonyl (C=O) groups is 1. The topological polar surface area (TPSA) is 32.3 Å². The smallest absolute Gasteiger partial charge is 0.236 e. The Morgan fingerprint density at radius 2 is 2.12 bits per heavy atom. The van der Waals surface area contributed by atoms with Gasteiger partial charge in [-0.25, -0.2) is 0 Å². The summed E-state index contributed by atoms with van der Waals surface area (Å²) in [7, 11) is 3.49. The van der Waals surface area contributed by atoms with Gasteiger partial charge in [0, 0.05) is 25.7 Å². The Morgan fingerprint density at radius 3 is 2.69 bits per heavy atom. The maximum atomic E-state index is 11.3. The highest BCUT2D eigenvalue weighted by molar-refractivity contribution is 6.31. The average Bonchev–Trinajstić information content (AvgIpc) is 2.23. The van der Waals surface area contributed by atoms with E-state index in [4.69, 9.17) is 11.6 Å². The molecule has 0 saturated carbocycles. The number of nitrogens with zero attached hydrogens (tertiary/aromatic N) is 1. The van der Waals surface area contributed by atoms with Gasteiger partial charge in [-0.05, 0) is 24.1 Å². The summed E-state index contributed by atoms with van der Waals surface area (Å²) in [6, 6.07) is 5.86. The van der Waals surface area contributed by atoms with E-state index in [1.54, 1.807) is 19.0 Å². The van der Waals surface area contributed by atoms with Crippen LogP contribution in [-0.2, 0) is 11.3 Å². The molecule has 0 unspecified atom stereocenters. The molecule has 4 heteroatoms. The van der Waals surface area contributed by atoms with Crippen molar-refractivity contribution < 1.29 is 4.79 Å². The van der Waals surface area contributed by atoms with Crippen LogP contribution < -0.4 is 5.32 Å². The molecule has 1 aromatic rings. The molecule has 0 radical (unpaired) electrons. The Hall–Kier alpha value is -1.06. The van der Waals surface area contributed by atoms with Crippen molar-refractivity contribution in [2.24, 2.45) is 0 Å². The first kappa shape index (κ1) is 13.0. The lowest BCUT2D eigenvalue weighted by molar-refractivity contribution is -0.127. The van der Waals surface area contributed by atoms with Gasteiger partial charge in [-0.3, -0.25) is 4.79 Å². The summed E-state index contributed by atoms with van der Waals surface area (Å²) in [5.41, 5.74) is 2.19. The van der Waals surface area contributed by atoms with Crippen LogP contribution >= 0.6 is 11.6 Å². The van der Waals surface area contributed by atoms with Gasteiger partial charge >= 0.3 is 0 Å². The van der Waals surface area contributed by atoms with E-state index in [-0.39, 0.29) is 5.91 Å². The number of halogens is 1. The maximum Gasteiger partial charge on any atom is 0.236 e. The van der Waals surface area contributed by atoms with Gasteiger partial charge < -0.3 is 10.2 Å². The third kappa shape index (κ3) is 3.83. The second-order valence-electron chi connectivity index (χ2n) is 3.98. The van der Waals surface area contributed by atoms with Gasteiger partial charge in [0.15, 0.2) is 0 Å². The summed E-state index contributed by atoms with van der Waals surface area (Å²) < 4.78 is 0. The summed E-state index contributed by atoms with van der Waals surface area (Å²) in [6.45, 7) is 3.00. The van der Waals surface area contributed by atoms with Crippen LogP contribution in [0.2, 0.25) is 5.02 Å². The van der Waals surface area contributed by atoms with Crippen molar-refractivity contribution in [3.63, 3.8) is 0 Å². The SMILES string of the molecule is Cc1cc(CNCC(=O)N(C)C)ccc1Cl. The number of benzene rings is 1. The molecule has 16 heavy (non-hydrogen) atoms. The molecule has 1 N–H and O–H groups in total. The first-order chi connectivity index (χ1) is 7.50. The predicted octanol–water partition coefficient (Wildman–Crippen LogP) is 1.83. The molecule has 1 amide bonds. The zero-order chi connectivity index (χ0) is 12.1. The molecule has 0 bridgehead atoms. The number of hydrogen-bond acceptors (Lipinski definition) is 2. The molecule has 0 fully saturated rings. The molecule has 0 spiro atoms. The predicted molar refractivity (Wildman–Crippen MR) is 66.6 cm³/mol. The molecule has 0 aromatic heterocycles. The highest BCUT2D eigenvalue weighted by Crippen LogP contribution is 2.15. The van der Waals surface area contributed by atoms with Gasteiger partial charge in [-0.2, -0.15) is 0 Å². The number of aryl methyl sites for hydroxylation is 1. The average molecular weight is 241 g/mol. The highest BCUT2D eigenvalue weighted by atomic mass is 35.5. The molecule has 0 atom stereocenters. The summed E-state index contributed by atoms with van der Waals surface area (Å²) in [5, 5.41) is 3.87. The Labute approximate surface area is 101 Å². The van der Waals surface area contributed by atoms with Crippen molar-refractivity contribution in [1.82, 2.24) is 10.2 Å². The number of amides is 1. The van der Waals surface area contributed by atoms with E-state index in [0.29, 0.717) is 13.1 Å². The molecular weight excluding hydrogens is 224 g/mol. The molecular formula is C12H17ClN2O. The lowest BCUT2D eigenvalue weighted by Gasteiger charge is -2.11. The van der Waals surface area contributed by atoms with Crippen molar-refractivity contribution in [1.29, 1.82) is 0 Å². The van der Waals surface area contributed by atoms with Crippen molar-refractivity contribution >= 4 is 17.5 Å². The molecule has 0 heterocycles. The summed E-state index contributed by atoms with van der Waals surface area (Å²) in [6.07, 6.45) is 0. The fourth-order valence-corrected chi connectivity index (χ4v) is 1.41. The second kappa shape index (κ2) is 5.87. The quantitative estimate of drug-likeness (QED) is 0.871. The molecule has 0 saturated heterocycles. The van der Waals surface area contributed by atoms with Crippen LogP contribution in [0.25, 0.3) is 0 Å².